The normalized spacial score (nSPS) is 25.5. The molecule has 1 saturated heterocycles. The summed E-state index contributed by atoms with van der Waals surface area (Å²) < 4.78 is 40.2. The van der Waals surface area contributed by atoms with E-state index in [9.17, 15) is 12.8 Å². The van der Waals surface area contributed by atoms with Gasteiger partial charge in [0.25, 0.3) is 0 Å². The predicted molar refractivity (Wildman–Crippen MR) is 73.1 cm³/mol. The molecular formula is C13H17ClFNO2S. The molecule has 1 aromatic carbocycles. The molecule has 1 aliphatic heterocycles. The van der Waals surface area contributed by atoms with Gasteiger partial charge in [0.2, 0.25) is 10.0 Å². The van der Waals surface area contributed by atoms with Crippen LogP contribution in [0, 0.1) is 17.7 Å². The lowest BCUT2D eigenvalue weighted by molar-refractivity contribution is 0.222. The molecule has 0 radical (unpaired) electrons. The second kappa shape index (κ2) is 5.38. The molecule has 1 heterocycles. The lowest BCUT2D eigenvalue weighted by atomic mass is 9.94. The summed E-state index contributed by atoms with van der Waals surface area (Å²) in [6.45, 7) is 4.87. The zero-order valence-corrected chi connectivity index (χ0v) is 12.5. The number of piperidine rings is 1. The van der Waals surface area contributed by atoms with E-state index in [1.807, 2.05) is 13.8 Å². The standard InChI is InChI=1S/C13H17ClFNO2S/c1-9-6-10(2)8-16(7-9)19(17,18)12-5-3-4-11(14)13(12)15/h3-5,9-10H,6-8H2,1-2H3. The number of rotatable bonds is 2. The molecule has 0 N–H and O–H groups in total. The number of benzene rings is 1. The minimum atomic E-state index is -3.81. The third-order valence-electron chi connectivity index (χ3n) is 3.37. The van der Waals surface area contributed by atoms with E-state index >= 15 is 0 Å². The van der Waals surface area contributed by atoms with Crippen LogP contribution in [0.5, 0.6) is 0 Å². The molecule has 0 spiro atoms. The van der Waals surface area contributed by atoms with Crippen LogP contribution in [0.25, 0.3) is 0 Å². The summed E-state index contributed by atoms with van der Waals surface area (Å²) in [5.41, 5.74) is 0. The first-order valence-electron chi connectivity index (χ1n) is 6.26. The van der Waals surface area contributed by atoms with Crippen molar-refractivity contribution >= 4 is 21.6 Å². The quantitative estimate of drug-likeness (QED) is 0.842. The van der Waals surface area contributed by atoms with Crippen LogP contribution < -0.4 is 0 Å². The molecule has 2 atom stereocenters. The molecule has 1 fully saturated rings. The molecule has 2 rings (SSSR count). The zero-order chi connectivity index (χ0) is 14.2. The Hall–Kier alpha value is -0.650. The van der Waals surface area contributed by atoms with Crippen molar-refractivity contribution in [1.29, 1.82) is 0 Å². The van der Waals surface area contributed by atoms with Gasteiger partial charge in [-0.25, -0.2) is 12.8 Å². The second-order valence-electron chi connectivity index (χ2n) is 5.32. The van der Waals surface area contributed by atoms with Crippen LogP contribution >= 0.6 is 11.6 Å². The molecular weight excluding hydrogens is 289 g/mol. The molecule has 1 aromatic rings. The Labute approximate surface area is 118 Å². The van der Waals surface area contributed by atoms with E-state index in [0.29, 0.717) is 13.1 Å². The molecule has 0 saturated carbocycles. The monoisotopic (exact) mass is 305 g/mol. The van der Waals surface area contributed by atoms with Crippen LogP contribution in [0.4, 0.5) is 4.39 Å². The molecule has 2 unspecified atom stereocenters. The van der Waals surface area contributed by atoms with Gasteiger partial charge in [-0.15, -0.1) is 0 Å². The van der Waals surface area contributed by atoms with Crippen molar-refractivity contribution in [1.82, 2.24) is 4.31 Å². The van der Waals surface area contributed by atoms with Crippen LogP contribution in [0.15, 0.2) is 23.1 Å². The Kier molecular flexibility index (Phi) is 4.18. The van der Waals surface area contributed by atoms with Crippen LogP contribution in [0.1, 0.15) is 20.3 Å². The Bertz CT molecular complexity index is 566. The maximum absolute atomic E-state index is 13.9. The van der Waals surface area contributed by atoms with Crippen molar-refractivity contribution in [2.24, 2.45) is 11.8 Å². The first kappa shape index (κ1) is 14.8. The van der Waals surface area contributed by atoms with Crippen molar-refractivity contribution < 1.29 is 12.8 Å². The van der Waals surface area contributed by atoms with Gasteiger partial charge in [0.1, 0.15) is 4.90 Å². The predicted octanol–water partition coefficient (Wildman–Crippen LogP) is 3.15. The topological polar surface area (TPSA) is 37.4 Å². The summed E-state index contributed by atoms with van der Waals surface area (Å²) in [6, 6.07) is 4.06. The van der Waals surface area contributed by atoms with Gasteiger partial charge in [-0.1, -0.05) is 31.5 Å². The van der Waals surface area contributed by atoms with Crippen LogP contribution in [0.2, 0.25) is 5.02 Å². The number of halogens is 2. The largest absolute Gasteiger partial charge is 0.246 e. The average Bonchev–Trinajstić information content (AvgIpc) is 2.31. The third kappa shape index (κ3) is 2.93. The summed E-state index contributed by atoms with van der Waals surface area (Å²) in [7, 11) is -3.81. The summed E-state index contributed by atoms with van der Waals surface area (Å²) in [5.74, 6) is -0.309. The van der Waals surface area contributed by atoms with E-state index < -0.39 is 15.8 Å². The highest BCUT2D eigenvalue weighted by molar-refractivity contribution is 7.89. The van der Waals surface area contributed by atoms with Gasteiger partial charge in [0.05, 0.1) is 5.02 Å². The molecule has 0 aromatic heterocycles. The number of nitrogens with zero attached hydrogens (tertiary/aromatic N) is 1. The van der Waals surface area contributed by atoms with Crippen LogP contribution in [-0.4, -0.2) is 25.8 Å². The number of sulfonamides is 1. The molecule has 19 heavy (non-hydrogen) atoms. The molecule has 0 aliphatic carbocycles. The molecule has 106 valence electrons. The van der Waals surface area contributed by atoms with Gasteiger partial charge >= 0.3 is 0 Å². The lowest BCUT2D eigenvalue weighted by Gasteiger charge is -2.34. The van der Waals surface area contributed by atoms with Crippen molar-refractivity contribution in [3.63, 3.8) is 0 Å². The minimum Gasteiger partial charge on any atom is -0.207 e. The molecule has 0 amide bonds. The van der Waals surface area contributed by atoms with Crippen molar-refractivity contribution in [3.05, 3.63) is 29.0 Å². The van der Waals surface area contributed by atoms with Gasteiger partial charge < -0.3 is 0 Å². The maximum atomic E-state index is 13.9. The van der Waals surface area contributed by atoms with E-state index in [2.05, 4.69) is 0 Å². The van der Waals surface area contributed by atoms with E-state index in [1.54, 1.807) is 0 Å². The molecule has 1 aliphatic rings. The summed E-state index contributed by atoms with van der Waals surface area (Å²) in [4.78, 5) is -0.332. The Morgan fingerprint density at radius 3 is 2.42 bits per heavy atom. The summed E-state index contributed by atoms with van der Waals surface area (Å²) >= 11 is 5.66. The van der Waals surface area contributed by atoms with E-state index in [-0.39, 0.29) is 21.8 Å². The third-order valence-corrected chi connectivity index (χ3v) is 5.51. The Morgan fingerprint density at radius 2 is 1.84 bits per heavy atom. The zero-order valence-electron chi connectivity index (χ0n) is 10.9. The highest BCUT2D eigenvalue weighted by Crippen LogP contribution is 2.29. The highest BCUT2D eigenvalue weighted by Gasteiger charge is 2.33. The van der Waals surface area contributed by atoms with Crippen molar-refractivity contribution in [2.45, 2.75) is 25.2 Å². The summed E-state index contributed by atoms with van der Waals surface area (Å²) in [5, 5.41) is -0.167. The van der Waals surface area contributed by atoms with E-state index in [0.717, 1.165) is 6.42 Å². The smallest absolute Gasteiger partial charge is 0.207 e. The van der Waals surface area contributed by atoms with Gasteiger partial charge in [0, 0.05) is 13.1 Å². The molecule has 6 heteroatoms. The highest BCUT2D eigenvalue weighted by atomic mass is 35.5. The fraction of sp³-hybridized carbons (Fsp3) is 0.538. The molecule has 3 nitrogen and oxygen atoms in total. The average molecular weight is 306 g/mol. The van der Waals surface area contributed by atoms with Crippen molar-refractivity contribution in [3.8, 4) is 0 Å². The number of hydrogen-bond donors (Lipinski definition) is 0. The maximum Gasteiger partial charge on any atom is 0.246 e. The second-order valence-corrected chi connectivity index (χ2v) is 7.63. The van der Waals surface area contributed by atoms with Gasteiger partial charge in [0.15, 0.2) is 5.82 Å². The first-order valence-corrected chi connectivity index (χ1v) is 8.08. The van der Waals surface area contributed by atoms with E-state index in [1.165, 1.54) is 22.5 Å². The van der Waals surface area contributed by atoms with Gasteiger partial charge in [-0.3, -0.25) is 0 Å². The lowest BCUT2D eigenvalue weighted by Crippen LogP contribution is -2.42. The Balaban J connectivity index is 2.39. The minimum absolute atomic E-state index is 0.167. The first-order chi connectivity index (χ1) is 8.82. The van der Waals surface area contributed by atoms with Crippen LogP contribution in [0.3, 0.4) is 0 Å². The van der Waals surface area contributed by atoms with Gasteiger partial charge in [-0.05, 0) is 30.4 Å². The number of hydrogen-bond acceptors (Lipinski definition) is 2. The SMILES string of the molecule is CC1CC(C)CN(S(=O)(=O)c2cccc(Cl)c2F)C1. The van der Waals surface area contributed by atoms with Crippen molar-refractivity contribution in [2.75, 3.05) is 13.1 Å². The van der Waals surface area contributed by atoms with Crippen LogP contribution in [-0.2, 0) is 10.0 Å². The van der Waals surface area contributed by atoms with Gasteiger partial charge in [-0.2, -0.15) is 4.31 Å². The summed E-state index contributed by atoms with van der Waals surface area (Å²) in [6.07, 6.45) is 0.990. The Morgan fingerprint density at radius 1 is 1.26 bits per heavy atom. The fourth-order valence-corrected chi connectivity index (χ4v) is 4.62. The van der Waals surface area contributed by atoms with E-state index in [4.69, 9.17) is 11.6 Å². The molecule has 0 bridgehead atoms. The fourth-order valence-electron chi connectivity index (χ4n) is 2.62.